The SMILES string of the molecule is Cc1c(C)[n+](CCNc2cccc(Cl)c2)c2n1C1C(=O)N(C)C(=O)N(C)C1=N2. The first kappa shape index (κ1) is 18.5. The number of halogens is 1. The smallest absolute Gasteiger partial charge is 0.382 e. The zero-order valence-electron chi connectivity index (χ0n) is 16.2. The summed E-state index contributed by atoms with van der Waals surface area (Å²) >= 11 is 6.03. The van der Waals surface area contributed by atoms with Crippen molar-refractivity contribution in [3.8, 4) is 0 Å². The average Bonchev–Trinajstić information content (AvgIpc) is 3.16. The minimum Gasteiger partial charge on any atom is -0.382 e. The molecule has 2 aromatic rings. The number of carbonyl (C=O) groups excluding carboxylic acids is 2. The average molecular weight is 402 g/mol. The Morgan fingerprint density at radius 2 is 1.96 bits per heavy atom. The number of benzene rings is 1. The van der Waals surface area contributed by atoms with Crippen LogP contribution in [0.1, 0.15) is 17.4 Å². The minimum atomic E-state index is -0.594. The standard InChI is InChI=1S/C19H22ClN6O2/c1-11-12(2)26-15-16(23(3)19(28)24(4)17(15)27)22-18(26)25(11)9-8-21-14-7-5-6-13(20)10-14/h5-7,10,15,21H,8-9H2,1-4H3/q+1. The Balaban J connectivity index is 1.64. The molecule has 8 nitrogen and oxygen atoms in total. The number of nitrogens with one attached hydrogen (secondary N) is 1. The molecule has 0 aliphatic carbocycles. The number of imide groups is 1. The van der Waals surface area contributed by atoms with Gasteiger partial charge in [0.15, 0.2) is 0 Å². The van der Waals surface area contributed by atoms with Crippen molar-refractivity contribution in [3.05, 3.63) is 40.7 Å². The summed E-state index contributed by atoms with van der Waals surface area (Å²) in [5.41, 5.74) is 2.95. The van der Waals surface area contributed by atoms with Crippen LogP contribution in [0, 0.1) is 13.8 Å². The van der Waals surface area contributed by atoms with E-state index in [1.807, 2.05) is 42.7 Å². The molecule has 9 heteroatoms. The molecule has 1 N–H and O–H groups in total. The molecule has 2 aliphatic rings. The Labute approximate surface area is 168 Å². The summed E-state index contributed by atoms with van der Waals surface area (Å²) in [7, 11) is 3.15. The van der Waals surface area contributed by atoms with Crippen LogP contribution in [0.3, 0.4) is 0 Å². The monoisotopic (exact) mass is 401 g/mol. The number of urea groups is 1. The van der Waals surface area contributed by atoms with Crippen LogP contribution in [-0.4, -0.2) is 52.8 Å². The number of amidine groups is 1. The fraction of sp³-hybridized carbons (Fsp3) is 0.368. The van der Waals surface area contributed by atoms with Crippen LogP contribution in [0.5, 0.6) is 0 Å². The lowest BCUT2D eigenvalue weighted by atomic mass is 10.1. The number of fused-ring (bicyclic) bond motifs is 3. The van der Waals surface area contributed by atoms with Crippen molar-refractivity contribution in [2.75, 3.05) is 26.0 Å². The Bertz CT molecular complexity index is 1030. The van der Waals surface area contributed by atoms with E-state index < -0.39 is 6.04 Å². The summed E-state index contributed by atoms with van der Waals surface area (Å²) in [4.78, 5) is 32.3. The van der Waals surface area contributed by atoms with Crippen LogP contribution < -0.4 is 9.88 Å². The van der Waals surface area contributed by atoms with Gasteiger partial charge in [0.05, 0.1) is 6.54 Å². The highest BCUT2D eigenvalue weighted by Crippen LogP contribution is 2.34. The lowest BCUT2D eigenvalue weighted by Crippen LogP contribution is -2.56. The van der Waals surface area contributed by atoms with Gasteiger partial charge in [-0.2, -0.15) is 0 Å². The van der Waals surface area contributed by atoms with Crippen LogP contribution in [0.2, 0.25) is 5.02 Å². The largest absolute Gasteiger partial charge is 0.402 e. The molecular weight excluding hydrogens is 380 g/mol. The molecule has 146 valence electrons. The molecule has 0 spiro atoms. The number of hydrogen-bond acceptors (Lipinski definition) is 4. The van der Waals surface area contributed by atoms with Gasteiger partial charge in [-0.25, -0.2) is 13.9 Å². The summed E-state index contributed by atoms with van der Waals surface area (Å²) in [6.45, 7) is 5.32. The van der Waals surface area contributed by atoms with Crippen LogP contribution in [0.25, 0.3) is 0 Å². The topological polar surface area (TPSA) is 73.8 Å². The summed E-state index contributed by atoms with van der Waals surface area (Å²) < 4.78 is 4.00. The molecule has 3 amide bonds. The molecule has 0 saturated carbocycles. The molecule has 1 saturated heterocycles. The molecule has 1 atom stereocenters. The van der Waals surface area contributed by atoms with Crippen molar-refractivity contribution in [2.45, 2.75) is 26.4 Å². The second kappa shape index (κ2) is 6.63. The van der Waals surface area contributed by atoms with E-state index in [0.29, 0.717) is 29.9 Å². The molecule has 4 rings (SSSR count). The zero-order chi connectivity index (χ0) is 20.2. The number of hydrogen-bond donors (Lipinski definition) is 1. The first-order chi connectivity index (χ1) is 13.3. The maximum Gasteiger partial charge on any atom is 0.402 e. The second-order valence-electron chi connectivity index (χ2n) is 7.04. The number of amides is 3. The van der Waals surface area contributed by atoms with Crippen LogP contribution >= 0.6 is 11.6 Å². The van der Waals surface area contributed by atoms with E-state index in [1.54, 1.807) is 7.05 Å². The molecule has 3 heterocycles. The minimum absolute atomic E-state index is 0.261. The summed E-state index contributed by atoms with van der Waals surface area (Å²) in [5.74, 6) is 0.900. The number of nitrogens with zero attached hydrogens (tertiary/aromatic N) is 5. The molecule has 0 bridgehead atoms. The van der Waals surface area contributed by atoms with Crippen molar-refractivity contribution in [1.29, 1.82) is 0 Å². The fourth-order valence-corrected chi connectivity index (χ4v) is 3.95. The highest BCUT2D eigenvalue weighted by molar-refractivity contribution is 6.30. The van der Waals surface area contributed by atoms with Crippen LogP contribution in [-0.2, 0) is 11.3 Å². The zero-order valence-corrected chi connectivity index (χ0v) is 17.0. The highest BCUT2D eigenvalue weighted by atomic mass is 35.5. The van der Waals surface area contributed by atoms with E-state index in [2.05, 4.69) is 14.9 Å². The quantitative estimate of drug-likeness (QED) is 0.798. The third-order valence-corrected chi connectivity index (χ3v) is 5.67. The number of aromatic nitrogens is 2. The van der Waals surface area contributed by atoms with Gasteiger partial charge in [-0.1, -0.05) is 22.7 Å². The molecule has 2 aliphatic heterocycles. The third kappa shape index (κ3) is 2.67. The lowest BCUT2D eigenvalue weighted by molar-refractivity contribution is -0.686. The van der Waals surface area contributed by atoms with Crippen molar-refractivity contribution in [2.24, 2.45) is 4.99 Å². The molecule has 1 aromatic carbocycles. The van der Waals surface area contributed by atoms with E-state index in [-0.39, 0.29) is 11.9 Å². The Kier molecular flexibility index (Phi) is 4.38. The number of imidazole rings is 1. The van der Waals surface area contributed by atoms with Gasteiger partial charge in [-0.05, 0) is 32.0 Å². The van der Waals surface area contributed by atoms with Gasteiger partial charge in [0.2, 0.25) is 11.9 Å². The second-order valence-corrected chi connectivity index (χ2v) is 7.48. The van der Waals surface area contributed by atoms with Crippen molar-refractivity contribution in [1.82, 2.24) is 14.4 Å². The van der Waals surface area contributed by atoms with Gasteiger partial charge in [0.25, 0.3) is 5.91 Å². The highest BCUT2D eigenvalue weighted by Gasteiger charge is 2.53. The van der Waals surface area contributed by atoms with E-state index in [1.165, 1.54) is 11.9 Å². The number of anilines is 1. The first-order valence-corrected chi connectivity index (χ1v) is 9.43. The summed E-state index contributed by atoms with van der Waals surface area (Å²) in [5, 5.41) is 4.03. The Morgan fingerprint density at radius 1 is 1.21 bits per heavy atom. The van der Waals surface area contributed by atoms with Crippen molar-refractivity contribution < 1.29 is 14.2 Å². The number of likely N-dealkylation sites (N-methyl/N-ethyl adjacent to an activating group) is 2. The molecule has 0 radical (unpaired) electrons. The van der Waals surface area contributed by atoms with Crippen LogP contribution in [0.4, 0.5) is 16.4 Å². The summed E-state index contributed by atoms with van der Waals surface area (Å²) in [6, 6.07) is 6.60. The third-order valence-electron chi connectivity index (χ3n) is 5.44. The molecule has 1 unspecified atom stereocenters. The van der Waals surface area contributed by atoms with Gasteiger partial charge in [0.1, 0.15) is 11.4 Å². The van der Waals surface area contributed by atoms with E-state index in [4.69, 9.17) is 11.6 Å². The van der Waals surface area contributed by atoms with Gasteiger partial charge in [-0.3, -0.25) is 14.6 Å². The van der Waals surface area contributed by atoms with Gasteiger partial charge in [0, 0.05) is 31.4 Å². The molecule has 1 aromatic heterocycles. The maximum atomic E-state index is 12.8. The van der Waals surface area contributed by atoms with Crippen LogP contribution in [0.15, 0.2) is 29.3 Å². The predicted octanol–water partition coefficient (Wildman–Crippen LogP) is 2.27. The Hall–Kier alpha value is -2.87. The number of carbonyl (C=O) groups is 2. The molecule has 28 heavy (non-hydrogen) atoms. The molecule has 1 fully saturated rings. The van der Waals surface area contributed by atoms with Gasteiger partial charge >= 0.3 is 12.0 Å². The summed E-state index contributed by atoms with van der Waals surface area (Å²) in [6.07, 6.45) is 0. The fourth-order valence-electron chi connectivity index (χ4n) is 3.76. The number of aliphatic imine (C=N–C) groups is 1. The maximum absolute atomic E-state index is 12.8. The van der Waals surface area contributed by atoms with Gasteiger partial charge in [-0.15, -0.1) is 0 Å². The van der Waals surface area contributed by atoms with E-state index in [9.17, 15) is 9.59 Å². The predicted molar refractivity (Wildman–Crippen MR) is 106 cm³/mol. The molecular formula is C19H22ClN6O2+. The van der Waals surface area contributed by atoms with E-state index >= 15 is 0 Å². The Morgan fingerprint density at radius 3 is 2.68 bits per heavy atom. The normalized spacial score (nSPS) is 18.3. The van der Waals surface area contributed by atoms with Crippen molar-refractivity contribution >= 4 is 41.0 Å². The number of rotatable bonds is 4. The lowest BCUT2D eigenvalue weighted by Gasteiger charge is -2.30. The van der Waals surface area contributed by atoms with E-state index in [0.717, 1.165) is 22.0 Å². The van der Waals surface area contributed by atoms with Crippen molar-refractivity contribution in [3.63, 3.8) is 0 Å². The van der Waals surface area contributed by atoms with Gasteiger partial charge < -0.3 is 5.32 Å². The first-order valence-electron chi connectivity index (χ1n) is 9.05.